The van der Waals surface area contributed by atoms with Gasteiger partial charge in [-0.15, -0.1) is 0 Å². The molecule has 7 heteroatoms. The summed E-state index contributed by atoms with van der Waals surface area (Å²) in [4.78, 5) is 28.1. The van der Waals surface area contributed by atoms with Gasteiger partial charge in [0.2, 0.25) is 0 Å². The first-order valence-corrected chi connectivity index (χ1v) is 4.86. The highest BCUT2D eigenvalue weighted by Gasteiger charge is 2.20. The Morgan fingerprint density at radius 1 is 1.47 bits per heavy atom. The van der Waals surface area contributed by atoms with Crippen LogP contribution >= 0.6 is 0 Å². The maximum Gasteiger partial charge on any atom is 0.298 e. The molecule has 0 spiro atoms. The Morgan fingerprint density at radius 3 is 2.71 bits per heavy atom. The second kappa shape index (κ2) is 3.55. The molecule has 0 bridgehead atoms. The molecule has 17 heavy (non-hydrogen) atoms. The SMILES string of the molecule is Cc1cc2nc(N)c(=O)[nH]c2c([N+](=O)[O-])c1C. The van der Waals surface area contributed by atoms with Gasteiger partial charge in [-0.25, -0.2) is 4.98 Å². The van der Waals surface area contributed by atoms with Crippen LogP contribution < -0.4 is 11.3 Å². The van der Waals surface area contributed by atoms with E-state index in [1.807, 2.05) is 0 Å². The quantitative estimate of drug-likeness (QED) is 0.564. The lowest BCUT2D eigenvalue weighted by atomic mass is 10.1. The number of nitro groups is 1. The van der Waals surface area contributed by atoms with Crippen LogP contribution in [0.15, 0.2) is 10.9 Å². The first kappa shape index (κ1) is 11.1. The molecule has 0 saturated carbocycles. The third-order valence-electron chi connectivity index (χ3n) is 2.69. The number of anilines is 1. The lowest BCUT2D eigenvalue weighted by Crippen LogP contribution is -2.15. The summed E-state index contributed by atoms with van der Waals surface area (Å²) in [6.45, 7) is 3.37. The number of benzene rings is 1. The molecule has 3 N–H and O–H groups in total. The number of H-pyrrole nitrogens is 1. The topological polar surface area (TPSA) is 115 Å². The van der Waals surface area contributed by atoms with Crippen LogP contribution in [0, 0.1) is 24.0 Å². The van der Waals surface area contributed by atoms with Crippen molar-refractivity contribution in [3.8, 4) is 0 Å². The number of nitrogen functional groups attached to an aromatic ring is 1. The van der Waals surface area contributed by atoms with Gasteiger partial charge >= 0.3 is 0 Å². The van der Waals surface area contributed by atoms with Crippen molar-refractivity contribution in [2.45, 2.75) is 13.8 Å². The van der Waals surface area contributed by atoms with Gasteiger partial charge in [0.25, 0.3) is 11.2 Å². The highest BCUT2D eigenvalue weighted by Crippen LogP contribution is 2.28. The first-order valence-electron chi connectivity index (χ1n) is 4.86. The number of rotatable bonds is 1. The minimum absolute atomic E-state index is 0.109. The fourth-order valence-corrected chi connectivity index (χ4v) is 1.68. The van der Waals surface area contributed by atoms with Crippen molar-refractivity contribution >= 4 is 22.5 Å². The molecule has 0 aliphatic rings. The number of hydrogen-bond acceptors (Lipinski definition) is 5. The third-order valence-corrected chi connectivity index (χ3v) is 2.69. The molecule has 0 aliphatic heterocycles. The molecule has 7 nitrogen and oxygen atoms in total. The zero-order valence-corrected chi connectivity index (χ0v) is 9.27. The summed E-state index contributed by atoms with van der Waals surface area (Å²) < 4.78 is 0. The van der Waals surface area contributed by atoms with E-state index in [1.165, 1.54) is 0 Å². The summed E-state index contributed by atoms with van der Waals surface area (Å²) in [5, 5.41) is 11.0. The highest BCUT2D eigenvalue weighted by atomic mass is 16.6. The molecule has 1 aromatic carbocycles. The van der Waals surface area contributed by atoms with Gasteiger partial charge < -0.3 is 10.7 Å². The van der Waals surface area contributed by atoms with Crippen molar-refractivity contribution in [3.63, 3.8) is 0 Å². The standard InChI is InChI=1S/C10H10N4O3/c1-4-3-6-7(8(5(4)2)14(16)17)13-10(15)9(11)12-6/h3H,1-2H3,(H2,11,12)(H,13,15). The van der Waals surface area contributed by atoms with Crippen LogP contribution in [-0.4, -0.2) is 14.9 Å². The predicted octanol–water partition coefficient (Wildman–Crippen LogP) is 1.03. The van der Waals surface area contributed by atoms with E-state index >= 15 is 0 Å². The molecule has 2 rings (SSSR count). The van der Waals surface area contributed by atoms with Gasteiger partial charge in [0.1, 0.15) is 5.52 Å². The molecule has 0 atom stereocenters. The Hall–Kier alpha value is -2.44. The minimum atomic E-state index is -0.621. The van der Waals surface area contributed by atoms with Crippen molar-refractivity contribution in [2.24, 2.45) is 0 Å². The molecule has 1 heterocycles. The summed E-state index contributed by atoms with van der Waals surface area (Å²) in [6.07, 6.45) is 0. The predicted molar refractivity (Wildman–Crippen MR) is 62.9 cm³/mol. The van der Waals surface area contributed by atoms with Gasteiger partial charge in [0.05, 0.1) is 10.4 Å². The number of hydrogen-bond donors (Lipinski definition) is 2. The smallest absolute Gasteiger partial charge is 0.298 e. The molecule has 1 aromatic heterocycles. The van der Waals surface area contributed by atoms with E-state index in [0.717, 1.165) is 5.56 Å². The molecule has 88 valence electrons. The summed E-state index contributed by atoms with van der Waals surface area (Å²) in [5.74, 6) is -0.199. The normalized spacial score (nSPS) is 10.7. The van der Waals surface area contributed by atoms with E-state index < -0.39 is 10.5 Å². The molecule has 0 unspecified atom stereocenters. The molecule has 0 radical (unpaired) electrons. The van der Waals surface area contributed by atoms with Crippen LogP contribution in [0.25, 0.3) is 11.0 Å². The maximum absolute atomic E-state index is 11.3. The van der Waals surface area contributed by atoms with E-state index in [1.54, 1.807) is 19.9 Å². The van der Waals surface area contributed by atoms with Crippen molar-refractivity contribution < 1.29 is 4.92 Å². The average molecular weight is 234 g/mol. The minimum Gasteiger partial charge on any atom is -0.379 e. The van der Waals surface area contributed by atoms with Crippen molar-refractivity contribution in [3.05, 3.63) is 37.7 Å². The maximum atomic E-state index is 11.3. The number of fused-ring (bicyclic) bond motifs is 1. The summed E-state index contributed by atoms with van der Waals surface area (Å²) in [7, 11) is 0. The molecular weight excluding hydrogens is 224 g/mol. The van der Waals surface area contributed by atoms with Crippen LogP contribution in [0.4, 0.5) is 11.5 Å². The lowest BCUT2D eigenvalue weighted by Gasteiger charge is -2.05. The third kappa shape index (κ3) is 1.61. The van der Waals surface area contributed by atoms with Crippen molar-refractivity contribution in [1.29, 1.82) is 0 Å². The Bertz CT molecular complexity index is 690. The van der Waals surface area contributed by atoms with Crippen LogP contribution in [0.2, 0.25) is 0 Å². The highest BCUT2D eigenvalue weighted by molar-refractivity contribution is 5.87. The number of aromatic nitrogens is 2. The van der Waals surface area contributed by atoms with E-state index in [-0.39, 0.29) is 17.0 Å². The summed E-state index contributed by atoms with van der Waals surface area (Å²) in [6, 6.07) is 1.66. The van der Waals surface area contributed by atoms with Gasteiger partial charge in [-0.1, -0.05) is 0 Å². The Kier molecular flexibility index (Phi) is 2.31. The fourth-order valence-electron chi connectivity index (χ4n) is 1.68. The van der Waals surface area contributed by atoms with Gasteiger partial charge in [0.15, 0.2) is 5.82 Å². The second-order valence-corrected chi connectivity index (χ2v) is 3.77. The Balaban J connectivity index is 3.03. The number of aromatic amines is 1. The van der Waals surface area contributed by atoms with Crippen molar-refractivity contribution in [1.82, 2.24) is 9.97 Å². The van der Waals surface area contributed by atoms with Crippen LogP contribution in [0.1, 0.15) is 11.1 Å². The summed E-state index contributed by atoms with van der Waals surface area (Å²) >= 11 is 0. The first-order chi connectivity index (χ1) is 7.91. The number of nitrogens with two attached hydrogens (primary N) is 1. The zero-order valence-electron chi connectivity index (χ0n) is 9.27. The molecule has 2 aromatic rings. The fraction of sp³-hybridized carbons (Fsp3) is 0.200. The molecule has 0 saturated heterocycles. The van der Waals surface area contributed by atoms with E-state index in [4.69, 9.17) is 5.73 Å². The second-order valence-electron chi connectivity index (χ2n) is 3.77. The zero-order chi connectivity index (χ0) is 12.7. The van der Waals surface area contributed by atoms with Crippen LogP contribution in [0.5, 0.6) is 0 Å². The number of nitrogens with zero attached hydrogens (tertiary/aromatic N) is 2. The van der Waals surface area contributed by atoms with Gasteiger partial charge in [-0.2, -0.15) is 0 Å². The van der Waals surface area contributed by atoms with E-state index in [0.29, 0.717) is 11.1 Å². The van der Waals surface area contributed by atoms with Gasteiger partial charge in [-0.05, 0) is 25.5 Å². The number of nitro benzene ring substituents is 1. The summed E-state index contributed by atoms with van der Waals surface area (Å²) in [5.41, 5.74) is 6.27. The van der Waals surface area contributed by atoms with Crippen LogP contribution in [-0.2, 0) is 0 Å². The molecular formula is C10H10N4O3. The molecule has 0 fully saturated rings. The Labute approximate surface area is 95.4 Å². The van der Waals surface area contributed by atoms with E-state index in [2.05, 4.69) is 9.97 Å². The monoisotopic (exact) mass is 234 g/mol. The Morgan fingerprint density at radius 2 is 2.12 bits per heavy atom. The van der Waals surface area contributed by atoms with Crippen LogP contribution in [0.3, 0.4) is 0 Å². The van der Waals surface area contributed by atoms with Crippen molar-refractivity contribution in [2.75, 3.05) is 5.73 Å². The van der Waals surface area contributed by atoms with Gasteiger partial charge in [-0.3, -0.25) is 14.9 Å². The molecule has 0 aliphatic carbocycles. The largest absolute Gasteiger partial charge is 0.379 e. The van der Waals surface area contributed by atoms with Gasteiger partial charge in [0, 0.05) is 5.56 Å². The lowest BCUT2D eigenvalue weighted by molar-refractivity contribution is -0.383. The molecule has 0 amide bonds. The van der Waals surface area contributed by atoms with E-state index in [9.17, 15) is 14.9 Å². The number of nitrogens with one attached hydrogen (secondary N) is 1. The number of aryl methyl sites for hydroxylation is 1. The average Bonchev–Trinajstić information content (AvgIpc) is 2.23.